The second kappa shape index (κ2) is 6.29. The van der Waals surface area contributed by atoms with Crippen molar-refractivity contribution in [3.63, 3.8) is 0 Å². The van der Waals surface area contributed by atoms with Gasteiger partial charge in [0.1, 0.15) is 10.9 Å². The van der Waals surface area contributed by atoms with Crippen LogP contribution in [-0.4, -0.2) is 49.5 Å². The molecular formula is C12H16N2O5S. The molecular weight excluding hydrogens is 284 g/mol. The summed E-state index contributed by atoms with van der Waals surface area (Å²) in [7, 11) is -3.38. The van der Waals surface area contributed by atoms with Crippen LogP contribution < -0.4 is 4.72 Å². The van der Waals surface area contributed by atoms with Gasteiger partial charge in [-0.2, -0.15) is 0 Å². The van der Waals surface area contributed by atoms with Crippen molar-refractivity contribution in [2.24, 2.45) is 0 Å². The summed E-state index contributed by atoms with van der Waals surface area (Å²) in [5, 5.41) is 8.32. The predicted molar refractivity (Wildman–Crippen MR) is 71.0 cm³/mol. The maximum absolute atomic E-state index is 11.9. The highest BCUT2D eigenvalue weighted by molar-refractivity contribution is 7.90. The molecule has 0 saturated carbocycles. The lowest BCUT2D eigenvalue weighted by molar-refractivity contribution is 0.0690. The SMILES string of the molecule is O=C(O)c1cccc(CCNS(=O)(=O)C2CCOC2)n1. The number of nitrogens with zero attached hydrogens (tertiary/aromatic N) is 1. The van der Waals surface area contributed by atoms with Crippen molar-refractivity contribution in [1.29, 1.82) is 0 Å². The summed E-state index contributed by atoms with van der Waals surface area (Å²) in [5.41, 5.74) is 0.491. The summed E-state index contributed by atoms with van der Waals surface area (Å²) >= 11 is 0. The maximum atomic E-state index is 11.9. The Morgan fingerprint density at radius 1 is 1.50 bits per heavy atom. The number of ether oxygens (including phenoxy) is 1. The number of sulfonamides is 1. The molecule has 1 saturated heterocycles. The summed E-state index contributed by atoms with van der Waals surface area (Å²) in [6.07, 6.45) is 0.843. The first-order valence-electron chi connectivity index (χ1n) is 6.24. The minimum atomic E-state index is -3.38. The Bertz CT molecular complexity index is 581. The molecule has 0 bridgehead atoms. The fourth-order valence-corrected chi connectivity index (χ4v) is 3.24. The normalized spacial score (nSPS) is 19.1. The fourth-order valence-electron chi connectivity index (χ4n) is 1.93. The molecule has 8 heteroatoms. The molecule has 0 spiro atoms. The maximum Gasteiger partial charge on any atom is 0.354 e. The van der Waals surface area contributed by atoms with Crippen molar-refractivity contribution in [2.45, 2.75) is 18.1 Å². The monoisotopic (exact) mass is 300 g/mol. The molecule has 7 nitrogen and oxygen atoms in total. The van der Waals surface area contributed by atoms with Crippen LogP contribution in [0.25, 0.3) is 0 Å². The van der Waals surface area contributed by atoms with E-state index in [4.69, 9.17) is 9.84 Å². The van der Waals surface area contributed by atoms with Crippen LogP contribution in [0.4, 0.5) is 0 Å². The predicted octanol–water partition coefficient (Wildman–Crippen LogP) is 0.0306. The summed E-state index contributed by atoms with van der Waals surface area (Å²) in [4.78, 5) is 14.7. The molecule has 2 N–H and O–H groups in total. The molecule has 110 valence electrons. The van der Waals surface area contributed by atoms with Crippen LogP contribution in [0.5, 0.6) is 0 Å². The second-order valence-electron chi connectivity index (χ2n) is 4.49. The average Bonchev–Trinajstić information content (AvgIpc) is 2.93. The first-order chi connectivity index (χ1) is 9.49. The van der Waals surface area contributed by atoms with Crippen LogP contribution in [0.15, 0.2) is 18.2 Å². The molecule has 0 radical (unpaired) electrons. The number of nitrogens with one attached hydrogen (secondary N) is 1. The minimum Gasteiger partial charge on any atom is -0.477 e. The zero-order valence-electron chi connectivity index (χ0n) is 10.8. The Balaban J connectivity index is 1.89. The Labute approximate surface area is 117 Å². The van der Waals surface area contributed by atoms with Gasteiger partial charge in [0, 0.05) is 25.3 Å². The topological polar surface area (TPSA) is 106 Å². The van der Waals surface area contributed by atoms with Gasteiger partial charge in [0.05, 0.1) is 6.61 Å². The van der Waals surface area contributed by atoms with E-state index in [0.29, 0.717) is 25.1 Å². The standard InChI is InChI=1S/C12H16N2O5S/c15-12(16)11-3-1-2-9(14-11)4-6-13-20(17,18)10-5-7-19-8-10/h1-3,10,13H,4-8H2,(H,15,16). The van der Waals surface area contributed by atoms with Crippen LogP contribution in [0, 0.1) is 0 Å². The third kappa shape index (κ3) is 3.75. The smallest absolute Gasteiger partial charge is 0.354 e. The Hall–Kier alpha value is -1.51. The third-order valence-corrected chi connectivity index (χ3v) is 4.89. The molecule has 20 heavy (non-hydrogen) atoms. The summed E-state index contributed by atoms with van der Waals surface area (Å²) in [6, 6.07) is 4.65. The third-order valence-electron chi connectivity index (χ3n) is 3.04. The van der Waals surface area contributed by atoms with Crippen molar-refractivity contribution >= 4 is 16.0 Å². The van der Waals surface area contributed by atoms with E-state index < -0.39 is 21.2 Å². The number of carboxylic acid groups (broad SMARTS) is 1. The molecule has 1 atom stereocenters. The van der Waals surface area contributed by atoms with E-state index in [-0.39, 0.29) is 18.8 Å². The number of carbonyl (C=O) groups is 1. The van der Waals surface area contributed by atoms with Gasteiger partial charge in [-0.05, 0) is 18.6 Å². The van der Waals surface area contributed by atoms with Gasteiger partial charge in [-0.1, -0.05) is 6.07 Å². The number of aromatic carboxylic acids is 1. The van der Waals surface area contributed by atoms with Gasteiger partial charge in [-0.3, -0.25) is 0 Å². The zero-order valence-corrected chi connectivity index (χ0v) is 11.6. The van der Waals surface area contributed by atoms with E-state index in [0.717, 1.165) is 0 Å². The van der Waals surface area contributed by atoms with Gasteiger partial charge in [-0.25, -0.2) is 22.9 Å². The van der Waals surface area contributed by atoms with Crippen LogP contribution in [0.2, 0.25) is 0 Å². The molecule has 1 aliphatic heterocycles. The number of pyridine rings is 1. The Morgan fingerprint density at radius 2 is 2.30 bits per heavy atom. The molecule has 0 amide bonds. The minimum absolute atomic E-state index is 0.0467. The number of hydrogen-bond donors (Lipinski definition) is 2. The fraction of sp³-hybridized carbons (Fsp3) is 0.500. The van der Waals surface area contributed by atoms with Gasteiger partial charge in [0.25, 0.3) is 0 Å². The number of hydrogen-bond acceptors (Lipinski definition) is 5. The van der Waals surface area contributed by atoms with E-state index in [1.165, 1.54) is 6.07 Å². The lowest BCUT2D eigenvalue weighted by atomic mass is 10.2. The highest BCUT2D eigenvalue weighted by Gasteiger charge is 2.28. The van der Waals surface area contributed by atoms with Gasteiger partial charge in [0.2, 0.25) is 10.0 Å². The van der Waals surface area contributed by atoms with Gasteiger partial charge >= 0.3 is 5.97 Å². The van der Waals surface area contributed by atoms with Crippen LogP contribution in [0.3, 0.4) is 0 Å². The molecule has 0 aliphatic carbocycles. The molecule has 1 unspecified atom stereocenters. The van der Waals surface area contributed by atoms with Crippen molar-refractivity contribution in [2.75, 3.05) is 19.8 Å². The Kier molecular flexibility index (Phi) is 4.69. The molecule has 0 aromatic carbocycles. The first-order valence-corrected chi connectivity index (χ1v) is 7.79. The second-order valence-corrected chi connectivity index (χ2v) is 6.54. The van der Waals surface area contributed by atoms with E-state index in [2.05, 4.69) is 9.71 Å². The van der Waals surface area contributed by atoms with Gasteiger partial charge in [0.15, 0.2) is 0 Å². The number of rotatable bonds is 6. The van der Waals surface area contributed by atoms with Gasteiger partial charge < -0.3 is 9.84 Å². The van der Waals surface area contributed by atoms with Crippen LogP contribution in [0.1, 0.15) is 22.6 Å². The number of carboxylic acids is 1. The highest BCUT2D eigenvalue weighted by atomic mass is 32.2. The van der Waals surface area contributed by atoms with Crippen molar-refractivity contribution in [1.82, 2.24) is 9.71 Å². The molecule has 1 aliphatic rings. The molecule has 1 fully saturated rings. The molecule has 1 aromatic heterocycles. The lowest BCUT2D eigenvalue weighted by Gasteiger charge is -2.11. The van der Waals surface area contributed by atoms with Crippen molar-refractivity contribution < 1.29 is 23.1 Å². The number of aromatic nitrogens is 1. The van der Waals surface area contributed by atoms with Crippen LogP contribution >= 0.6 is 0 Å². The van der Waals surface area contributed by atoms with Crippen molar-refractivity contribution in [3.8, 4) is 0 Å². The molecule has 1 aromatic rings. The average molecular weight is 300 g/mol. The van der Waals surface area contributed by atoms with E-state index in [9.17, 15) is 13.2 Å². The highest BCUT2D eigenvalue weighted by Crippen LogP contribution is 2.12. The summed E-state index contributed by atoms with van der Waals surface area (Å²) in [6.45, 7) is 0.880. The lowest BCUT2D eigenvalue weighted by Crippen LogP contribution is -2.35. The van der Waals surface area contributed by atoms with Gasteiger partial charge in [-0.15, -0.1) is 0 Å². The Morgan fingerprint density at radius 3 is 2.95 bits per heavy atom. The quantitative estimate of drug-likeness (QED) is 0.768. The molecule has 2 heterocycles. The summed E-state index contributed by atoms with van der Waals surface area (Å²) in [5.74, 6) is -1.10. The first kappa shape index (κ1) is 14.9. The van der Waals surface area contributed by atoms with Crippen molar-refractivity contribution in [3.05, 3.63) is 29.6 Å². The van der Waals surface area contributed by atoms with E-state index >= 15 is 0 Å². The van der Waals surface area contributed by atoms with Crippen LogP contribution in [-0.2, 0) is 21.2 Å². The summed E-state index contributed by atoms with van der Waals surface area (Å²) < 4.78 is 31.3. The van der Waals surface area contributed by atoms with E-state index in [1.54, 1.807) is 12.1 Å². The zero-order chi connectivity index (χ0) is 14.6. The molecule has 2 rings (SSSR count). The van der Waals surface area contributed by atoms with E-state index in [1.807, 2.05) is 0 Å². The largest absolute Gasteiger partial charge is 0.477 e.